The van der Waals surface area contributed by atoms with Crippen LogP contribution in [0, 0.1) is 0 Å². The van der Waals surface area contributed by atoms with Crippen molar-refractivity contribution < 1.29 is 9.90 Å². The summed E-state index contributed by atoms with van der Waals surface area (Å²) in [5, 5.41) is 8.41. The molecule has 13 heavy (non-hydrogen) atoms. The van der Waals surface area contributed by atoms with E-state index in [0.717, 1.165) is 19.3 Å². The first-order valence-corrected chi connectivity index (χ1v) is 5.19. The number of hydrogen-bond donors (Lipinski definition) is 1. The average molecular weight is 182 g/mol. The number of rotatable bonds is 5. The van der Waals surface area contributed by atoms with Crippen LogP contribution in [0.4, 0.5) is 0 Å². The fourth-order valence-electron chi connectivity index (χ4n) is 1.76. The lowest BCUT2D eigenvalue weighted by Crippen LogP contribution is -1.93. The third-order valence-corrected chi connectivity index (χ3v) is 2.52. The first kappa shape index (κ1) is 10.3. The van der Waals surface area contributed by atoms with E-state index in [2.05, 4.69) is 6.08 Å². The number of unbranched alkanes of at least 4 members (excludes halogenated alkanes) is 2. The summed E-state index contributed by atoms with van der Waals surface area (Å²) in [6, 6.07) is 0. The highest BCUT2D eigenvalue weighted by molar-refractivity contribution is 5.66. The first-order chi connectivity index (χ1) is 6.29. The van der Waals surface area contributed by atoms with Crippen molar-refractivity contribution in [3.05, 3.63) is 11.6 Å². The van der Waals surface area contributed by atoms with Crippen LogP contribution in [0.15, 0.2) is 11.6 Å². The molecule has 2 heteroatoms. The number of hydrogen-bond acceptors (Lipinski definition) is 1. The van der Waals surface area contributed by atoms with Crippen LogP contribution < -0.4 is 0 Å². The molecule has 0 amide bonds. The van der Waals surface area contributed by atoms with Crippen LogP contribution in [0.5, 0.6) is 0 Å². The minimum absolute atomic E-state index is 0.323. The van der Waals surface area contributed by atoms with Gasteiger partial charge < -0.3 is 5.11 Å². The van der Waals surface area contributed by atoms with Crippen molar-refractivity contribution in [3.63, 3.8) is 0 Å². The summed E-state index contributed by atoms with van der Waals surface area (Å²) in [6.07, 6.45) is 10.8. The smallest absolute Gasteiger partial charge is 0.303 e. The third kappa shape index (κ3) is 4.71. The number of carboxylic acid groups (broad SMARTS) is 1. The van der Waals surface area contributed by atoms with Crippen molar-refractivity contribution in [1.29, 1.82) is 0 Å². The van der Waals surface area contributed by atoms with Gasteiger partial charge in [-0.05, 0) is 44.9 Å². The van der Waals surface area contributed by atoms with Gasteiger partial charge in [-0.25, -0.2) is 0 Å². The Kier molecular flexibility index (Phi) is 4.58. The summed E-state index contributed by atoms with van der Waals surface area (Å²) >= 11 is 0. The van der Waals surface area contributed by atoms with Gasteiger partial charge in [0.15, 0.2) is 0 Å². The van der Waals surface area contributed by atoms with E-state index < -0.39 is 5.97 Å². The Morgan fingerprint density at radius 1 is 1.31 bits per heavy atom. The maximum absolute atomic E-state index is 10.2. The van der Waals surface area contributed by atoms with Gasteiger partial charge in [-0.2, -0.15) is 0 Å². The van der Waals surface area contributed by atoms with Gasteiger partial charge in [0.2, 0.25) is 0 Å². The van der Waals surface area contributed by atoms with Crippen molar-refractivity contribution >= 4 is 5.97 Å². The molecular weight excluding hydrogens is 164 g/mol. The molecule has 0 bridgehead atoms. The van der Waals surface area contributed by atoms with Crippen LogP contribution in [0.2, 0.25) is 0 Å². The topological polar surface area (TPSA) is 37.3 Å². The molecule has 74 valence electrons. The van der Waals surface area contributed by atoms with Gasteiger partial charge in [-0.3, -0.25) is 4.79 Å². The molecule has 0 heterocycles. The monoisotopic (exact) mass is 182 g/mol. The molecule has 1 N–H and O–H groups in total. The van der Waals surface area contributed by atoms with E-state index in [1.165, 1.54) is 25.7 Å². The summed E-state index contributed by atoms with van der Waals surface area (Å²) in [7, 11) is 0. The Balaban J connectivity index is 1.99. The zero-order valence-corrected chi connectivity index (χ0v) is 8.09. The Morgan fingerprint density at radius 3 is 2.62 bits per heavy atom. The third-order valence-electron chi connectivity index (χ3n) is 2.52. The Morgan fingerprint density at radius 2 is 2.00 bits per heavy atom. The lowest BCUT2D eigenvalue weighted by atomic mass is 10.1. The van der Waals surface area contributed by atoms with Crippen LogP contribution in [0.3, 0.4) is 0 Å². The average Bonchev–Trinajstić information content (AvgIpc) is 2.55. The molecule has 0 aliphatic heterocycles. The maximum Gasteiger partial charge on any atom is 0.303 e. The first-order valence-electron chi connectivity index (χ1n) is 5.19. The van der Waals surface area contributed by atoms with Gasteiger partial charge in [-0.1, -0.05) is 11.6 Å². The Hall–Kier alpha value is -0.790. The molecule has 1 aliphatic carbocycles. The lowest BCUT2D eigenvalue weighted by molar-refractivity contribution is -0.137. The molecule has 2 nitrogen and oxygen atoms in total. The van der Waals surface area contributed by atoms with Gasteiger partial charge >= 0.3 is 5.97 Å². The van der Waals surface area contributed by atoms with E-state index >= 15 is 0 Å². The minimum Gasteiger partial charge on any atom is -0.481 e. The zero-order chi connectivity index (χ0) is 9.52. The standard InChI is InChI=1S/C11H18O2/c12-11(13)9-3-1-2-6-10-7-4-5-8-10/h6H,1-5,7-9H2,(H,12,13). The maximum atomic E-state index is 10.2. The van der Waals surface area contributed by atoms with Gasteiger partial charge in [0, 0.05) is 6.42 Å². The Bertz CT molecular complexity index is 186. The number of allylic oxidation sites excluding steroid dienone is 2. The number of carbonyl (C=O) groups is 1. The molecule has 1 fully saturated rings. The molecule has 0 radical (unpaired) electrons. The highest BCUT2D eigenvalue weighted by Gasteiger charge is 2.04. The van der Waals surface area contributed by atoms with Crippen LogP contribution in [0.25, 0.3) is 0 Å². The van der Waals surface area contributed by atoms with E-state index in [-0.39, 0.29) is 0 Å². The van der Waals surface area contributed by atoms with Gasteiger partial charge in [-0.15, -0.1) is 0 Å². The lowest BCUT2D eigenvalue weighted by Gasteiger charge is -1.96. The predicted molar refractivity (Wildman–Crippen MR) is 52.7 cm³/mol. The van der Waals surface area contributed by atoms with Crippen molar-refractivity contribution in [2.45, 2.75) is 51.4 Å². The van der Waals surface area contributed by atoms with Crippen LogP contribution in [0.1, 0.15) is 51.4 Å². The Labute approximate surface area is 79.6 Å². The van der Waals surface area contributed by atoms with E-state index in [4.69, 9.17) is 5.11 Å². The second kappa shape index (κ2) is 5.79. The number of carboxylic acids is 1. The fraction of sp³-hybridized carbons (Fsp3) is 0.727. The molecule has 1 rings (SSSR count). The fourth-order valence-corrected chi connectivity index (χ4v) is 1.76. The van der Waals surface area contributed by atoms with Crippen LogP contribution in [-0.4, -0.2) is 11.1 Å². The molecule has 0 aromatic heterocycles. The summed E-state index contributed by atoms with van der Waals surface area (Å²) in [4.78, 5) is 10.2. The molecule has 0 spiro atoms. The SMILES string of the molecule is O=C(O)CCCCC=C1CCCC1. The summed E-state index contributed by atoms with van der Waals surface area (Å²) in [5.74, 6) is -0.673. The van der Waals surface area contributed by atoms with Crippen LogP contribution >= 0.6 is 0 Å². The second-order valence-electron chi connectivity index (χ2n) is 3.71. The number of aliphatic carboxylic acids is 1. The van der Waals surface area contributed by atoms with Crippen molar-refractivity contribution in [2.75, 3.05) is 0 Å². The van der Waals surface area contributed by atoms with Crippen molar-refractivity contribution in [2.24, 2.45) is 0 Å². The van der Waals surface area contributed by atoms with E-state index in [9.17, 15) is 4.79 Å². The van der Waals surface area contributed by atoms with E-state index in [1.807, 2.05) is 0 Å². The van der Waals surface area contributed by atoms with Gasteiger partial charge in [0.05, 0.1) is 0 Å². The summed E-state index contributed by atoms with van der Waals surface area (Å²) in [6.45, 7) is 0. The van der Waals surface area contributed by atoms with E-state index in [0.29, 0.717) is 6.42 Å². The molecule has 0 atom stereocenters. The van der Waals surface area contributed by atoms with E-state index in [1.54, 1.807) is 5.57 Å². The predicted octanol–water partition coefficient (Wildman–Crippen LogP) is 3.13. The minimum atomic E-state index is -0.673. The molecule has 0 unspecified atom stereocenters. The van der Waals surface area contributed by atoms with Gasteiger partial charge in [0.25, 0.3) is 0 Å². The molecule has 0 saturated heterocycles. The highest BCUT2D eigenvalue weighted by atomic mass is 16.4. The quantitative estimate of drug-likeness (QED) is 0.524. The van der Waals surface area contributed by atoms with Crippen molar-refractivity contribution in [3.8, 4) is 0 Å². The molecular formula is C11H18O2. The second-order valence-corrected chi connectivity index (χ2v) is 3.71. The molecule has 1 aliphatic rings. The summed E-state index contributed by atoms with van der Waals surface area (Å²) < 4.78 is 0. The van der Waals surface area contributed by atoms with Crippen molar-refractivity contribution in [1.82, 2.24) is 0 Å². The molecule has 1 saturated carbocycles. The highest BCUT2D eigenvalue weighted by Crippen LogP contribution is 2.24. The summed E-state index contributed by atoms with van der Waals surface area (Å²) in [5.41, 5.74) is 1.59. The van der Waals surface area contributed by atoms with Crippen LogP contribution in [-0.2, 0) is 4.79 Å². The normalized spacial score (nSPS) is 16.2. The largest absolute Gasteiger partial charge is 0.481 e. The zero-order valence-electron chi connectivity index (χ0n) is 8.09. The molecule has 0 aromatic carbocycles. The van der Waals surface area contributed by atoms with Gasteiger partial charge in [0.1, 0.15) is 0 Å². The molecule has 0 aromatic rings.